The van der Waals surface area contributed by atoms with Crippen LogP contribution in [-0.2, 0) is 4.74 Å². The van der Waals surface area contributed by atoms with Crippen LogP contribution in [0, 0.1) is 0 Å². The third kappa shape index (κ3) is 5.79. The lowest BCUT2D eigenvalue weighted by Gasteiger charge is -2.21. The molecule has 4 nitrogen and oxygen atoms in total. The Morgan fingerprint density at radius 1 is 1.17 bits per heavy atom. The Balaban J connectivity index is 1.69. The number of hydrogen-bond acceptors (Lipinski definition) is 4. The van der Waals surface area contributed by atoms with Gasteiger partial charge in [0, 0.05) is 12.1 Å². The predicted molar refractivity (Wildman–Crippen MR) is 92.9 cm³/mol. The van der Waals surface area contributed by atoms with Crippen molar-refractivity contribution in [1.29, 1.82) is 0 Å². The smallest absolute Gasteiger partial charge is 0.119 e. The molecule has 4 heteroatoms. The number of rotatable bonds is 10. The first-order chi connectivity index (χ1) is 11.2. The Morgan fingerprint density at radius 3 is 2.61 bits per heavy atom. The van der Waals surface area contributed by atoms with Gasteiger partial charge in [0.15, 0.2) is 0 Å². The second-order valence-corrected chi connectivity index (χ2v) is 6.70. The van der Waals surface area contributed by atoms with Gasteiger partial charge in [-0.05, 0) is 49.3 Å². The van der Waals surface area contributed by atoms with E-state index >= 15 is 0 Å². The van der Waals surface area contributed by atoms with Crippen LogP contribution in [0.15, 0.2) is 24.3 Å². The average molecular weight is 321 g/mol. The Labute approximate surface area is 140 Å². The molecule has 0 radical (unpaired) electrons. The Hall–Kier alpha value is -1.10. The summed E-state index contributed by atoms with van der Waals surface area (Å²) in [5.74, 6) is 1.33. The summed E-state index contributed by atoms with van der Waals surface area (Å²) in [6.07, 6.45) is 6.36. The lowest BCUT2D eigenvalue weighted by molar-refractivity contribution is 0.0973. The van der Waals surface area contributed by atoms with Crippen LogP contribution in [0.4, 0.5) is 0 Å². The highest BCUT2D eigenvalue weighted by Crippen LogP contribution is 2.39. The fourth-order valence-electron chi connectivity index (χ4n) is 3.20. The fraction of sp³-hybridized carbons (Fsp3) is 0.684. The molecule has 1 aromatic rings. The average Bonchev–Trinajstić information content (AvgIpc) is 2.98. The number of aliphatic hydroxyl groups is 1. The molecule has 0 saturated heterocycles. The highest BCUT2D eigenvalue weighted by molar-refractivity contribution is 5.30. The van der Waals surface area contributed by atoms with E-state index in [4.69, 9.17) is 15.2 Å². The molecule has 3 N–H and O–H groups in total. The minimum absolute atomic E-state index is 0.0724. The summed E-state index contributed by atoms with van der Waals surface area (Å²) in [7, 11) is 0. The Kier molecular flexibility index (Phi) is 7.34. The number of benzene rings is 1. The molecule has 0 bridgehead atoms. The Morgan fingerprint density at radius 2 is 1.96 bits per heavy atom. The monoisotopic (exact) mass is 321 g/mol. The number of hydrogen-bond donors (Lipinski definition) is 2. The first kappa shape index (κ1) is 18.2. The molecular formula is C19H31NO3. The maximum absolute atomic E-state index is 9.37. The summed E-state index contributed by atoms with van der Waals surface area (Å²) >= 11 is 0. The van der Waals surface area contributed by atoms with Crippen molar-refractivity contribution in [2.45, 2.75) is 56.9 Å². The molecule has 0 amide bonds. The summed E-state index contributed by atoms with van der Waals surface area (Å²) < 4.78 is 11.2. The third-order valence-corrected chi connectivity index (χ3v) is 4.70. The molecule has 0 heterocycles. The van der Waals surface area contributed by atoms with Crippen molar-refractivity contribution in [3.05, 3.63) is 29.8 Å². The maximum atomic E-state index is 9.37. The molecule has 0 aromatic heterocycles. The largest absolute Gasteiger partial charge is 0.491 e. The molecule has 0 spiro atoms. The minimum atomic E-state index is -0.394. The van der Waals surface area contributed by atoms with Crippen molar-refractivity contribution in [1.82, 2.24) is 0 Å². The van der Waals surface area contributed by atoms with E-state index < -0.39 is 5.54 Å². The van der Waals surface area contributed by atoms with Crippen molar-refractivity contribution in [2.24, 2.45) is 5.73 Å². The van der Waals surface area contributed by atoms with Gasteiger partial charge in [-0.2, -0.15) is 0 Å². The van der Waals surface area contributed by atoms with Crippen molar-refractivity contribution >= 4 is 0 Å². The van der Waals surface area contributed by atoms with Gasteiger partial charge in [-0.1, -0.05) is 31.9 Å². The first-order valence-corrected chi connectivity index (χ1v) is 8.87. The molecule has 0 aliphatic heterocycles. The van der Waals surface area contributed by atoms with E-state index in [0.717, 1.165) is 38.0 Å². The number of unbranched alkanes of at least 4 members (excludes halogenated alkanes) is 2. The minimum Gasteiger partial charge on any atom is -0.491 e. The summed E-state index contributed by atoms with van der Waals surface area (Å²) in [6, 6.07) is 8.26. The Bertz CT molecular complexity index is 448. The van der Waals surface area contributed by atoms with Gasteiger partial charge >= 0.3 is 0 Å². The maximum Gasteiger partial charge on any atom is 0.119 e. The topological polar surface area (TPSA) is 64.7 Å². The van der Waals surface area contributed by atoms with Crippen LogP contribution >= 0.6 is 0 Å². The van der Waals surface area contributed by atoms with Crippen molar-refractivity contribution in [3.8, 4) is 5.75 Å². The normalized spacial score (nSPS) is 24.0. The summed E-state index contributed by atoms with van der Waals surface area (Å²) in [5, 5.41) is 9.37. The SMILES string of the molecule is CCCCCOCCOc1ccc([C@@H]2CC[C@](N)(CO)C2)cc1. The summed E-state index contributed by atoms with van der Waals surface area (Å²) in [5.41, 5.74) is 7.04. The molecule has 1 aliphatic rings. The highest BCUT2D eigenvalue weighted by atomic mass is 16.5. The molecule has 23 heavy (non-hydrogen) atoms. The fourth-order valence-corrected chi connectivity index (χ4v) is 3.20. The summed E-state index contributed by atoms with van der Waals surface area (Å²) in [6.45, 7) is 4.31. The zero-order chi connectivity index (χ0) is 16.5. The molecule has 2 rings (SSSR count). The van der Waals surface area contributed by atoms with Gasteiger partial charge < -0.3 is 20.3 Å². The number of ether oxygens (including phenoxy) is 2. The molecule has 2 atom stereocenters. The molecule has 0 unspecified atom stereocenters. The van der Waals surface area contributed by atoms with E-state index in [1.165, 1.54) is 18.4 Å². The van der Waals surface area contributed by atoms with Gasteiger partial charge in [0.25, 0.3) is 0 Å². The zero-order valence-corrected chi connectivity index (χ0v) is 14.3. The van der Waals surface area contributed by atoms with Gasteiger partial charge in [-0.25, -0.2) is 0 Å². The van der Waals surface area contributed by atoms with Crippen LogP contribution in [0.5, 0.6) is 5.75 Å². The van der Waals surface area contributed by atoms with Crippen LogP contribution in [0.1, 0.15) is 56.9 Å². The lowest BCUT2D eigenvalue weighted by atomic mass is 9.94. The van der Waals surface area contributed by atoms with Crippen LogP contribution in [-0.4, -0.2) is 37.1 Å². The van der Waals surface area contributed by atoms with Gasteiger partial charge in [-0.3, -0.25) is 0 Å². The van der Waals surface area contributed by atoms with Gasteiger partial charge in [0.1, 0.15) is 12.4 Å². The number of nitrogens with two attached hydrogens (primary N) is 1. The lowest BCUT2D eigenvalue weighted by Crippen LogP contribution is -2.40. The standard InChI is InChI=1S/C19H31NO3/c1-2-3-4-11-22-12-13-23-18-7-5-16(6-8-18)17-9-10-19(20,14-17)15-21/h5-8,17,21H,2-4,9-15,20H2,1H3/t17-,19-/m1/s1. The van der Waals surface area contributed by atoms with Gasteiger partial charge in [0.05, 0.1) is 13.2 Å². The molecule has 1 aromatic carbocycles. The molecule has 130 valence electrons. The highest BCUT2D eigenvalue weighted by Gasteiger charge is 2.35. The second kappa shape index (κ2) is 9.26. The van der Waals surface area contributed by atoms with E-state index in [9.17, 15) is 5.11 Å². The van der Waals surface area contributed by atoms with Crippen LogP contribution in [0.3, 0.4) is 0 Å². The second-order valence-electron chi connectivity index (χ2n) is 6.70. The third-order valence-electron chi connectivity index (χ3n) is 4.70. The molecule has 1 saturated carbocycles. The molecule has 1 aliphatic carbocycles. The predicted octanol–water partition coefficient (Wildman–Crippen LogP) is 3.23. The van der Waals surface area contributed by atoms with Crippen molar-refractivity contribution in [2.75, 3.05) is 26.4 Å². The van der Waals surface area contributed by atoms with E-state index in [1.807, 2.05) is 12.1 Å². The van der Waals surface area contributed by atoms with E-state index in [-0.39, 0.29) is 6.61 Å². The summed E-state index contributed by atoms with van der Waals surface area (Å²) in [4.78, 5) is 0. The van der Waals surface area contributed by atoms with Crippen molar-refractivity contribution < 1.29 is 14.6 Å². The molecule has 1 fully saturated rings. The van der Waals surface area contributed by atoms with Gasteiger partial charge in [0.2, 0.25) is 0 Å². The van der Waals surface area contributed by atoms with E-state index in [0.29, 0.717) is 19.1 Å². The number of aliphatic hydroxyl groups excluding tert-OH is 1. The van der Waals surface area contributed by atoms with E-state index in [2.05, 4.69) is 19.1 Å². The van der Waals surface area contributed by atoms with Crippen LogP contribution in [0.25, 0.3) is 0 Å². The van der Waals surface area contributed by atoms with Gasteiger partial charge in [-0.15, -0.1) is 0 Å². The molecular weight excluding hydrogens is 290 g/mol. The zero-order valence-electron chi connectivity index (χ0n) is 14.3. The first-order valence-electron chi connectivity index (χ1n) is 8.87. The van der Waals surface area contributed by atoms with E-state index in [1.54, 1.807) is 0 Å². The quantitative estimate of drug-likeness (QED) is 0.649. The van der Waals surface area contributed by atoms with Crippen molar-refractivity contribution in [3.63, 3.8) is 0 Å². The van der Waals surface area contributed by atoms with Crippen LogP contribution in [0.2, 0.25) is 0 Å². The van der Waals surface area contributed by atoms with Crippen LogP contribution < -0.4 is 10.5 Å².